The van der Waals surface area contributed by atoms with Crippen molar-refractivity contribution in [3.8, 4) is 0 Å². The Kier molecular flexibility index (Phi) is 7.13. The summed E-state index contributed by atoms with van der Waals surface area (Å²) in [7, 11) is 3.81. The Hall–Kier alpha value is -0.300. The van der Waals surface area contributed by atoms with Gasteiger partial charge in [-0.3, -0.25) is 4.79 Å². The normalized spacial score (nSPS) is 20.3. The van der Waals surface area contributed by atoms with Gasteiger partial charge in [-0.1, -0.05) is 0 Å². The van der Waals surface area contributed by atoms with Crippen LogP contribution in [-0.4, -0.2) is 72.8 Å². The number of hydrogen-bond donors (Lipinski definition) is 3. The van der Waals surface area contributed by atoms with E-state index in [2.05, 4.69) is 10.6 Å². The van der Waals surface area contributed by atoms with E-state index in [1.54, 1.807) is 18.7 Å². The number of nitrogens with zero attached hydrogens (tertiary/aromatic N) is 1. The standard InChI is InChI=1S/C13H27N3O2S/c1-13(18,10-16(2)3)9-15-12(17)8-19-11-4-6-14-7-5-11/h11,14,18H,4-10H2,1-3H3,(H,15,17). The molecule has 1 atom stereocenters. The zero-order valence-corrected chi connectivity index (χ0v) is 13.1. The minimum absolute atomic E-state index is 0.0163. The summed E-state index contributed by atoms with van der Waals surface area (Å²) in [5, 5.41) is 16.8. The van der Waals surface area contributed by atoms with Crippen molar-refractivity contribution < 1.29 is 9.90 Å². The monoisotopic (exact) mass is 289 g/mol. The van der Waals surface area contributed by atoms with Crippen LogP contribution in [0.25, 0.3) is 0 Å². The molecule has 0 saturated carbocycles. The molecule has 0 aromatic heterocycles. The molecule has 112 valence electrons. The second-order valence-electron chi connectivity index (χ2n) is 5.77. The summed E-state index contributed by atoms with van der Waals surface area (Å²) in [5.74, 6) is 0.505. The van der Waals surface area contributed by atoms with E-state index in [0.717, 1.165) is 25.9 Å². The number of carbonyl (C=O) groups excluding carboxylic acids is 1. The molecule has 1 amide bonds. The average Bonchev–Trinajstić information content (AvgIpc) is 2.34. The topological polar surface area (TPSA) is 64.6 Å². The molecule has 3 N–H and O–H groups in total. The van der Waals surface area contributed by atoms with Gasteiger partial charge in [-0.15, -0.1) is 11.8 Å². The Balaban J connectivity index is 2.16. The number of piperidine rings is 1. The van der Waals surface area contributed by atoms with Crippen LogP contribution in [0.4, 0.5) is 0 Å². The van der Waals surface area contributed by atoms with E-state index < -0.39 is 5.60 Å². The van der Waals surface area contributed by atoms with E-state index in [9.17, 15) is 9.90 Å². The van der Waals surface area contributed by atoms with Crippen LogP contribution < -0.4 is 10.6 Å². The van der Waals surface area contributed by atoms with Crippen LogP contribution in [0.15, 0.2) is 0 Å². The van der Waals surface area contributed by atoms with Gasteiger partial charge in [0.2, 0.25) is 5.91 Å². The number of thioether (sulfide) groups is 1. The lowest BCUT2D eigenvalue weighted by Crippen LogP contribution is -2.47. The first-order valence-corrected chi connectivity index (χ1v) is 7.90. The Morgan fingerprint density at radius 1 is 1.47 bits per heavy atom. The summed E-state index contributed by atoms with van der Waals surface area (Å²) < 4.78 is 0. The van der Waals surface area contributed by atoms with Gasteiger partial charge in [-0.05, 0) is 47.0 Å². The van der Waals surface area contributed by atoms with E-state index in [4.69, 9.17) is 0 Å². The maximum Gasteiger partial charge on any atom is 0.230 e. The summed E-state index contributed by atoms with van der Waals surface area (Å²) in [5.41, 5.74) is -0.876. The van der Waals surface area contributed by atoms with Crippen LogP contribution in [0, 0.1) is 0 Å². The van der Waals surface area contributed by atoms with Crippen LogP contribution in [0.1, 0.15) is 19.8 Å². The molecule has 6 heteroatoms. The predicted molar refractivity (Wildman–Crippen MR) is 80.5 cm³/mol. The number of aliphatic hydroxyl groups is 1. The number of likely N-dealkylation sites (N-methyl/N-ethyl adjacent to an activating group) is 1. The maximum atomic E-state index is 11.7. The van der Waals surface area contributed by atoms with Gasteiger partial charge < -0.3 is 20.6 Å². The van der Waals surface area contributed by atoms with Gasteiger partial charge in [0, 0.05) is 18.3 Å². The molecule has 0 bridgehead atoms. The molecule has 0 aliphatic carbocycles. The highest BCUT2D eigenvalue weighted by Gasteiger charge is 2.22. The molecule has 0 aromatic carbocycles. The highest BCUT2D eigenvalue weighted by Crippen LogP contribution is 2.19. The van der Waals surface area contributed by atoms with Crippen molar-refractivity contribution in [2.24, 2.45) is 0 Å². The molecule has 1 saturated heterocycles. The molecule has 1 aliphatic rings. The highest BCUT2D eigenvalue weighted by atomic mass is 32.2. The van der Waals surface area contributed by atoms with Crippen molar-refractivity contribution in [3.05, 3.63) is 0 Å². The lowest BCUT2D eigenvalue weighted by atomic mass is 10.1. The van der Waals surface area contributed by atoms with Crippen molar-refractivity contribution in [2.75, 3.05) is 46.0 Å². The fraction of sp³-hybridized carbons (Fsp3) is 0.923. The Labute approximate surface area is 120 Å². The SMILES string of the molecule is CN(C)CC(C)(O)CNC(=O)CSC1CCNCC1. The molecule has 1 fully saturated rings. The highest BCUT2D eigenvalue weighted by molar-refractivity contribution is 8.00. The minimum Gasteiger partial charge on any atom is -0.387 e. The van der Waals surface area contributed by atoms with Gasteiger partial charge in [0.15, 0.2) is 0 Å². The van der Waals surface area contributed by atoms with Crippen LogP contribution in [0.2, 0.25) is 0 Å². The number of nitrogens with one attached hydrogen (secondary N) is 2. The van der Waals surface area contributed by atoms with Gasteiger partial charge in [0.25, 0.3) is 0 Å². The quantitative estimate of drug-likeness (QED) is 0.611. The lowest BCUT2D eigenvalue weighted by molar-refractivity contribution is -0.119. The van der Waals surface area contributed by atoms with Gasteiger partial charge in [-0.2, -0.15) is 0 Å². The van der Waals surface area contributed by atoms with Crippen molar-refractivity contribution >= 4 is 17.7 Å². The Morgan fingerprint density at radius 3 is 2.68 bits per heavy atom. The summed E-state index contributed by atoms with van der Waals surface area (Å²) in [4.78, 5) is 13.7. The van der Waals surface area contributed by atoms with E-state index in [-0.39, 0.29) is 5.91 Å². The number of amides is 1. The molecular formula is C13H27N3O2S. The van der Waals surface area contributed by atoms with E-state index in [1.165, 1.54) is 0 Å². The molecule has 0 aromatic rings. The van der Waals surface area contributed by atoms with Crippen LogP contribution in [0.5, 0.6) is 0 Å². The summed E-state index contributed by atoms with van der Waals surface area (Å²) in [6, 6.07) is 0. The zero-order valence-electron chi connectivity index (χ0n) is 12.2. The predicted octanol–water partition coefficient (Wildman–Crippen LogP) is -0.0996. The molecule has 0 radical (unpaired) electrons. The smallest absolute Gasteiger partial charge is 0.230 e. The third kappa shape index (κ3) is 7.77. The molecule has 1 unspecified atom stereocenters. The lowest BCUT2D eigenvalue weighted by Gasteiger charge is -2.27. The van der Waals surface area contributed by atoms with Gasteiger partial charge in [-0.25, -0.2) is 0 Å². The molecule has 0 spiro atoms. The third-order valence-electron chi connectivity index (χ3n) is 3.06. The number of rotatable bonds is 7. The van der Waals surface area contributed by atoms with E-state index >= 15 is 0 Å². The fourth-order valence-electron chi connectivity index (χ4n) is 2.23. The first-order chi connectivity index (χ1) is 8.89. The van der Waals surface area contributed by atoms with E-state index in [1.807, 2.05) is 19.0 Å². The number of carbonyl (C=O) groups is 1. The summed E-state index contributed by atoms with van der Waals surface area (Å²) in [6.45, 7) is 4.69. The van der Waals surface area contributed by atoms with Crippen LogP contribution in [-0.2, 0) is 4.79 Å². The van der Waals surface area contributed by atoms with Gasteiger partial charge in [0.1, 0.15) is 0 Å². The number of hydrogen-bond acceptors (Lipinski definition) is 5. The average molecular weight is 289 g/mol. The Bertz CT molecular complexity index is 279. The fourth-order valence-corrected chi connectivity index (χ4v) is 3.29. The molecule has 19 heavy (non-hydrogen) atoms. The van der Waals surface area contributed by atoms with Crippen LogP contribution in [0.3, 0.4) is 0 Å². The van der Waals surface area contributed by atoms with Crippen molar-refractivity contribution in [2.45, 2.75) is 30.6 Å². The molecule has 1 aliphatic heterocycles. The molecule has 1 rings (SSSR count). The maximum absolute atomic E-state index is 11.7. The van der Waals surface area contributed by atoms with Crippen molar-refractivity contribution in [1.82, 2.24) is 15.5 Å². The van der Waals surface area contributed by atoms with Crippen molar-refractivity contribution in [1.29, 1.82) is 0 Å². The van der Waals surface area contributed by atoms with Crippen molar-refractivity contribution in [3.63, 3.8) is 0 Å². The molecule has 1 heterocycles. The summed E-state index contributed by atoms with van der Waals surface area (Å²) in [6.07, 6.45) is 2.27. The largest absolute Gasteiger partial charge is 0.387 e. The first kappa shape index (κ1) is 16.8. The van der Waals surface area contributed by atoms with E-state index in [0.29, 0.717) is 24.1 Å². The van der Waals surface area contributed by atoms with Crippen LogP contribution >= 0.6 is 11.8 Å². The first-order valence-electron chi connectivity index (χ1n) is 6.85. The Morgan fingerprint density at radius 2 is 2.11 bits per heavy atom. The third-order valence-corrected chi connectivity index (χ3v) is 4.43. The van der Waals surface area contributed by atoms with Gasteiger partial charge >= 0.3 is 0 Å². The minimum atomic E-state index is -0.876. The zero-order chi connectivity index (χ0) is 14.3. The molecule has 5 nitrogen and oxygen atoms in total. The second-order valence-corrected chi connectivity index (χ2v) is 7.06. The van der Waals surface area contributed by atoms with Gasteiger partial charge in [0.05, 0.1) is 11.4 Å². The second kappa shape index (κ2) is 8.09. The molecular weight excluding hydrogens is 262 g/mol. The summed E-state index contributed by atoms with van der Waals surface area (Å²) >= 11 is 1.73.